The van der Waals surface area contributed by atoms with Gasteiger partial charge in [0.15, 0.2) is 0 Å². The van der Waals surface area contributed by atoms with Crippen molar-refractivity contribution in [2.24, 2.45) is 5.41 Å². The molecule has 0 saturated carbocycles. The van der Waals surface area contributed by atoms with Crippen LogP contribution in [0.4, 0.5) is 0 Å². The maximum absolute atomic E-state index is 11.3. The monoisotopic (exact) mass is 297 g/mol. The van der Waals surface area contributed by atoms with E-state index in [9.17, 15) is 9.90 Å². The van der Waals surface area contributed by atoms with Crippen LogP contribution in [0.3, 0.4) is 0 Å². The molecule has 1 fully saturated rings. The van der Waals surface area contributed by atoms with Gasteiger partial charge in [-0.25, -0.2) is 0 Å². The van der Waals surface area contributed by atoms with Gasteiger partial charge in [0, 0.05) is 18.1 Å². The van der Waals surface area contributed by atoms with E-state index >= 15 is 0 Å². The average molecular weight is 298 g/mol. The molecule has 20 heavy (non-hydrogen) atoms. The molecule has 1 heterocycles. The molecule has 1 unspecified atom stereocenters. The van der Waals surface area contributed by atoms with E-state index < -0.39 is 11.4 Å². The second kappa shape index (κ2) is 6.46. The highest BCUT2D eigenvalue weighted by Gasteiger charge is 2.37. The van der Waals surface area contributed by atoms with Crippen molar-refractivity contribution < 1.29 is 14.6 Å². The molecule has 0 aromatic heterocycles. The zero-order chi connectivity index (χ0) is 14.6. The lowest BCUT2D eigenvalue weighted by Crippen LogP contribution is -2.47. The minimum Gasteiger partial charge on any atom is -0.492 e. The molecule has 1 aromatic rings. The molecule has 0 spiro atoms. The van der Waals surface area contributed by atoms with Crippen LogP contribution in [0.25, 0.3) is 0 Å². The van der Waals surface area contributed by atoms with E-state index in [2.05, 4.69) is 4.90 Å². The molecule has 1 aromatic carbocycles. The third-order valence-corrected chi connectivity index (χ3v) is 4.00. The van der Waals surface area contributed by atoms with Crippen LogP contribution in [0, 0.1) is 5.41 Å². The number of piperidine rings is 1. The molecule has 1 atom stereocenters. The maximum Gasteiger partial charge on any atom is 0.310 e. The third-order valence-electron chi connectivity index (χ3n) is 3.76. The predicted molar refractivity (Wildman–Crippen MR) is 78.4 cm³/mol. The summed E-state index contributed by atoms with van der Waals surface area (Å²) < 4.78 is 5.64. The summed E-state index contributed by atoms with van der Waals surface area (Å²) in [6.45, 7) is 4.60. The number of carboxylic acid groups (broad SMARTS) is 1. The Morgan fingerprint density at radius 1 is 1.55 bits per heavy atom. The zero-order valence-electron chi connectivity index (χ0n) is 11.6. The van der Waals surface area contributed by atoms with Crippen LogP contribution in [-0.2, 0) is 4.79 Å². The Hall–Kier alpha value is -1.26. The fourth-order valence-electron chi connectivity index (χ4n) is 2.56. The number of rotatable bonds is 5. The van der Waals surface area contributed by atoms with Gasteiger partial charge in [-0.1, -0.05) is 17.7 Å². The Balaban J connectivity index is 1.81. The zero-order valence-corrected chi connectivity index (χ0v) is 12.4. The first-order valence-corrected chi connectivity index (χ1v) is 7.21. The molecular formula is C15H20ClNO3. The highest BCUT2D eigenvalue weighted by Crippen LogP contribution is 2.29. The molecule has 2 rings (SSSR count). The quantitative estimate of drug-likeness (QED) is 0.908. The molecule has 4 nitrogen and oxygen atoms in total. The predicted octanol–water partition coefficient (Wildman–Crippen LogP) is 2.91. The van der Waals surface area contributed by atoms with E-state index in [-0.39, 0.29) is 0 Å². The smallest absolute Gasteiger partial charge is 0.310 e. The van der Waals surface area contributed by atoms with Gasteiger partial charge < -0.3 is 9.84 Å². The second-order valence-electron chi connectivity index (χ2n) is 5.55. The Morgan fingerprint density at radius 3 is 3.05 bits per heavy atom. The van der Waals surface area contributed by atoms with Crippen molar-refractivity contribution >= 4 is 17.6 Å². The topological polar surface area (TPSA) is 49.8 Å². The Labute approximate surface area is 124 Å². The van der Waals surface area contributed by atoms with Crippen LogP contribution in [0.1, 0.15) is 19.8 Å². The normalized spacial score (nSPS) is 23.5. The summed E-state index contributed by atoms with van der Waals surface area (Å²) >= 11 is 5.89. The van der Waals surface area contributed by atoms with E-state index in [1.807, 2.05) is 19.1 Å². The van der Waals surface area contributed by atoms with Crippen molar-refractivity contribution in [1.29, 1.82) is 0 Å². The SMILES string of the molecule is CC1(C(=O)O)CCCN(CCOc2cccc(Cl)c2)C1. The summed E-state index contributed by atoms with van der Waals surface area (Å²) in [5.74, 6) is 0.0356. The van der Waals surface area contributed by atoms with Crippen LogP contribution < -0.4 is 4.74 Å². The van der Waals surface area contributed by atoms with E-state index in [0.717, 1.165) is 31.7 Å². The third kappa shape index (κ3) is 3.87. The molecule has 1 aliphatic heterocycles. The van der Waals surface area contributed by atoms with Gasteiger partial charge in [-0.2, -0.15) is 0 Å². The van der Waals surface area contributed by atoms with Crippen LogP contribution >= 0.6 is 11.6 Å². The average Bonchev–Trinajstić information content (AvgIpc) is 2.39. The number of nitrogens with zero attached hydrogens (tertiary/aromatic N) is 1. The standard InChI is InChI=1S/C15H20ClNO3/c1-15(14(18)19)6-3-7-17(11-15)8-9-20-13-5-2-4-12(16)10-13/h2,4-5,10H,3,6-9,11H2,1H3,(H,18,19). The van der Waals surface area contributed by atoms with Crippen LogP contribution in [0.15, 0.2) is 24.3 Å². The van der Waals surface area contributed by atoms with Crippen LogP contribution in [0.2, 0.25) is 5.02 Å². The van der Waals surface area contributed by atoms with Gasteiger partial charge in [0.05, 0.1) is 5.41 Å². The number of aliphatic carboxylic acids is 1. The van der Waals surface area contributed by atoms with Gasteiger partial charge >= 0.3 is 5.97 Å². The molecule has 0 bridgehead atoms. The van der Waals surface area contributed by atoms with Gasteiger partial charge in [0.1, 0.15) is 12.4 Å². The van der Waals surface area contributed by atoms with Gasteiger partial charge in [-0.15, -0.1) is 0 Å². The summed E-state index contributed by atoms with van der Waals surface area (Å²) in [6.07, 6.45) is 1.66. The lowest BCUT2D eigenvalue weighted by Gasteiger charge is -2.37. The Morgan fingerprint density at radius 2 is 2.35 bits per heavy atom. The number of hydrogen-bond donors (Lipinski definition) is 1. The van der Waals surface area contributed by atoms with Crippen molar-refractivity contribution in [1.82, 2.24) is 4.90 Å². The van der Waals surface area contributed by atoms with Gasteiger partial charge in [0.2, 0.25) is 0 Å². The summed E-state index contributed by atoms with van der Waals surface area (Å²) in [6, 6.07) is 7.29. The largest absolute Gasteiger partial charge is 0.492 e. The molecule has 1 N–H and O–H groups in total. The summed E-state index contributed by atoms with van der Waals surface area (Å²) in [5.41, 5.74) is -0.631. The summed E-state index contributed by atoms with van der Waals surface area (Å²) in [4.78, 5) is 13.4. The first-order valence-electron chi connectivity index (χ1n) is 6.84. The number of likely N-dealkylation sites (tertiary alicyclic amines) is 1. The van der Waals surface area contributed by atoms with E-state index in [1.165, 1.54) is 0 Å². The molecule has 5 heteroatoms. The van der Waals surface area contributed by atoms with E-state index in [0.29, 0.717) is 18.2 Å². The van der Waals surface area contributed by atoms with Crippen molar-refractivity contribution in [3.63, 3.8) is 0 Å². The van der Waals surface area contributed by atoms with Crippen LogP contribution in [0.5, 0.6) is 5.75 Å². The van der Waals surface area contributed by atoms with Gasteiger partial charge in [0.25, 0.3) is 0 Å². The fourth-order valence-corrected chi connectivity index (χ4v) is 2.74. The first kappa shape index (κ1) is 15.1. The summed E-state index contributed by atoms with van der Waals surface area (Å²) in [7, 11) is 0. The number of halogens is 1. The molecule has 0 aliphatic carbocycles. The highest BCUT2D eigenvalue weighted by molar-refractivity contribution is 6.30. The van der Waals surface area contributed by atoms with Crippen molar-refractivity contribution in [3.8, 4) is 5.75 Å². The van der Waals surface area contributed by atoms with Crippen molar-refractivity contribution in [2.75, 3.05) is 26.2 Å². The second-order valence-corrected chi connectivity index (χ2v) is 5.99. The molecular weight excluding hydrogens is 278 g/mol. The Kier molecular flexibility index (Phi) is 4.89. The number of ether oxygens (including phenoxy) is 1. The van der Waals surface area contributed by atoms with Crippen molar-refractivity contribution in [2.45, 2.75) is 19.8 Å². The minimum atomic E-state index is -0.710. The lowest BCUT2D eigenvalue weighted by molar-refractivity contribution is -0.151. The van der Waals surface area contributed by atoms with Crippen LogP contribution in [-0.4, -0.2) is 42.2 Å². The number of carboxylic acids is 1. The number of carbonyl (C=O) groups is 1. The molecule has 0 radical (unpaired) electrons. The molecule has 1 saturated heterocycles. The maximum atomic E-state index is 11.3. The summed E-state index contributed by atoms with van der Waals surface area (Å²) in [5, 5.41) is 9.93. The van der Waals surface area contributed by atoms with E-state index in [1.54, 1.807) is 12.1 Å². The Bertz CT molecular complexity index is 480. The van der Waals surface area contributed by atoms with E-state index in [4.69, 9.17) is 16.3 Å². The fraction of sp³-hybridized carbons (Fsp3) is 0.533. The molecule has 110 valence electrons. The first-order chi connectivity index (χ1) is 9.49. The number of hydrogen-bond acceptors (Lipinski definition) is 3. The molecule has 1 aliphatic rings. The minimum absolute atomic E-state index is 0.538. The van der Waals surface area contributed by atoms with Crippen molar-refractivity contribution in [3.05, 3.63) is 29.3 Å². The van der Waals surface area contributed by atoms with Gasteiger partial charge in [-0.05, 0) is 44.5 Å². The lowest BCUT2D eigenvalue weighted by atomic mass is 9.82. The number of benzene rings is 1. The molecule has 0 amide bonds. The highest BCUT2D eigenvalue weighted by atomic mass is 35.5. The van der Waals surface area contributed by atoms with Gasteiger partial charge in [-0.3, -0.25) is 9.69 Å².